The molecule has 7 nitrogen and oxygen atoms in total. The number of ether oxygens (including phenoxy) is 1. The van der Waals surface area contributed by atoms with Crippen LogP contribution >= 0.6 is 0 Å². The molecule has 0 aliphatic heterocycles. The molecule has 0 fully saturated rings. The topological polar surface area (TPSA) is 110 Å². The number of carbonyl (C=O) groups excluding carboxylic acids is 1. The van der Waals surface area contributed by atoms with Crippen molar-refractivity contribution in [3.05, 3.63) is 0 Å². The average molecular weight is 281 g/mol. The summed E-state index contributed by atoms with van der Waals surface area (Å²) in [5, 5.41) is 8.63. The summed E-state index contributed by atoms with van der Waals surface area (Å²) in [5.41, 5.74) is -1.06. The van der Waals surface area contributed by atoms with Crippen molar-refractivity contribution in [1.29, 1.82) is 0 Å². The van der Waals surface area contributed by atoms with Crippen LogP contribution < -0.4 is 4.72 Å². The van der Waals surface area contributed by atoms with Crippen molar-refractivity contribution in [2.75, 3.05) is 12.9 Å². The van der Waals surface area contributed by atoms with Crippen molar-refractivity contribution in [2.24, 2.45) is 0 Å². The summed E-state index contributed by atoms with van der Waals surface area (Å²) in [4.78, 5) is 21.4. The highest BCUT2D eigenvalue weighted by Gasteiger charge is 2.27. The molecule has 0 atom stereocenters. The van der Waals surface area contributed by atoms with Crippen LogP contribution in [-0.4, -0.2) is 43.9 Å². The molecule has 0 saturated heterocycles. The Hall–Kier alpha value is -1.15. The smallest absolute Gasteiger partial charge is 0.305 e. The van der Waals surface area contributed by atoms with E-state index in [1.54, 1.807) is 0 Å². The van der Waals surface area contributed by atoms with Crippen LogP contribution in [0.5, 0.6) is 0 Å². The molecule has 2 N–H and O–H groups in total. The molecule has 0 spiro atoms. The first-order chi connectivity index (χ1) is 8.08. The molecular formula is C10H19NO6S. The van der Waals surface area contributed by atoms with E-state index in [0.717, 1.165) is 0 Å². The van der Waals surface area contributed by atoms with E-state index < -0.39 is 27.5 Å². The Kier molecular flexibility index (Phi) is 6.27. The highest BCUT2D eigenvalue weighted by atomic mass is 32.2. The number of aliphatic carboxylic acids is 1. The molecule has 0 aliphatic carbocycles. The van der Waals surface area contributed by atoms with Gasteiger partial charge in [0.1, 0.15) is 0 Å². The minimum atomic E-state index is -3.61. The molecule has 0 unspecified atom stereocenters. The number of nitrogens with one attached hydrogen (secondary N) is 1. The molecule has 0 rings (SSSR count). The molecule has 0 radical (unpaired) electrons. The first-order valence-corrected chi connectivity index (χ1v) is 7.03. The van der Waals surface area contributed by atoms with E-state index >= 15 is 0 Å². The fourth-order valence-corrected chi connectivity index (χ4v) is 2.94. The number of esters is 1. The van der Waals surface area contributed by atoms with Gasteiger partial charge in [-0.15, -0.1) is 0 Å². The number of hydrogen-bond acceptors (Lipinski definition) is 5. The maximum atomic E-state index is 11.6. The summed E-state index contributed by atoms with van der Waals surface area (Å²) >= 11 is 0. The summed E-state index contributed by atoms with van der Waals surface area (Å²) in [6, 6.07) is 0. The van der Waals surface area contributed by atoms with Crippen LogP contribution in [0.15, 0.2) is 0 Å². The van der Waals surface area contributed by atoms with E-state index in [9.17, 15) is 18.0 Å². The summed E-state index contributed by atoms with van der Waals surface area (Å²) in [6.45, 7) is 2.97. The zero-order valence-electron chi connectivity index (χ0n) is 10.7. The maximum Gasteiger partial charge on any atom is 0.305 e. The van der Waals surface area contributed by atoms with Crippen LogP contribution in [0, 0.1) is 0 Å². The predicted octanol–water partition coefficient (Wildman–Crippen LogP) is 0.112. The lowest BCUT2D eigenvalue weighted by Crippen LogP contribution is -2.45. The molecule has 0 aromatic carbocycles. The van der Waals surface area contributed by atoms with Crippen LogP contribution in [-0.2, 0) is 24.3 Å². The van der Waals surface area contributed by atoms with E-state index in [1.165, 1.54) is 21.0 Å². The van der Waals surface area contributed by atoms with Gasteiger partial charge in [-0.05, 0) is 20.3 Å². The van der Waals surface area contributed by atoms with Gasteiger partial charge in [0, 0.05) is 12.0 Å². The highest BCUT2D eigenvalue weighted by Crippen LogP contribution is 2.11. The first kappa shape index (κ1) is 16.9. The Morgan fingerprint density at radius 2 is 1.89 bits per heavy atom. The van der Waals surface area contributed by atoms with E-state index in [1.807, 2.05) is 0 Å². The van der Waals surface area contributed by atoms with Gasteiger partial charge in [0.2, 0.25) is 10.0 Å². The van der Waals surface area contributed by atoms with Gasteiger partial charge in [-0.3, -0.25) is 9.59 Å². The van der Waals surface area contributed by atoms with Gasteiger partial charge < -0.3 is 9.84 Å². The van der Waals surface area contributed by atoms with Gasteiger partial charge in [0.15, 0.2) is 0 Å². The zero-order valence-corrected chi connectivity index (χ0v) is 11.5. The van der Waals surface area contributed by atoms with Crippen molar-refractivity contribution in [3.63, 3.8) is 0 Å². The molecule has 0 heterocycles. The van der Waals surface area contributed by atoms with E-state index in [2.05, 4.69) is 9.46 Å². The zero-order chi connectivity index (χ0) is 14.4. The molecule has 106 valence electrons. The van der Waals surface area contributed by atoms with Crippen molar-refractivity contribution < 1.29 is 27.9 Å². The molecule has 0 aromatic rings. The third-order valence-electron chi connectivity index (χ3n) is 2.05. The highest BCUT2D eigenvalue weighted by molar-refractivity contribution is 7.89. The average Bonchev–Trinajstić information content (AvgIpc) is 2.12. The number of hydrogen-bond donors (Lipinski definition) is 2. The largest absolute Gasteiger partial charge is 0.481 e. The monoisotopic (exact) mass is 281 g/mol. The van der Waals surface area contributed by atoms with Crippen LogP contribution in [0.2, 0.25) is 0 Å². The lowest BCUT2D eigenvalue weighted by molar-refractivity contribution is -0.140. The van der Waals surface area contributed by atoms with Gasteiger partial charge in [-0.1, -0.05) is 0 Å². The Labute approximate surface area is 107 Å². The third-order valence-corrected chi connectivity index (χ3v) is 3.74. The lowest BCUT2D eigenvalue weighted by atomic mass is 10.0. The minimum Gasteiger partial charge on any atom is -0.481 e. The second-order valence-electron chi connectivity index (χ2n) is 4.56. The predicted molar refractivity (Wildman–Crippen MR) is 64.5 cm³/mol. The van der Waals surface area contributed by atoms with Crippen LogP contribution in [0.4, 0.5) is 0 Å². The molecule has 18 heavy (non-hydrogen) atoms. The van der Waals surface area contributed by atoms with Gasteiger partial charge in [-0.2, -0.15) is 0 Å². The quantitative estimate of drug-likeness (QED) is 0.611. The Morgan fingerprint density at radius 3 is 2.33 bits per heavy atom. The second kappa shape index (κ2) is 6.69. The molecule has 0 saturated carbocycles. The lowest BCUT2D eigenvalue weighted by Gasteiger charge is -2.23. The van der Waals surface area contributed by atoms with Gasteiger partial charge >= 0.3 is 11.9 Å². The molecule has 0 aliphatic rings. The summed E-state index contributed by atoms with van der Waals surface area (Å²) in [7, 11) is -2.38. The Bertz CT molecular complexity index is 401. The first-order valence-electron chi connectivity index (χ1n) is 5.38. The molecular weight excluding hydrogens is 262 g/mol. The maximum absolute atomic E-state index is 11.6. The fraction of sp³-hybridized carbons (Fsp3) is 0.800. The van der Waals surface area contributed by atoms with Gasteiger partial charge in [-0.25, -0.2) is 13.1 Å². The normalized spacial score (nSPS) is 12.2. The molecule has 8 heteroatoms. The number of methoxy groups -OCH3 is 1. The number of carboxylic acids is 1. The van der Waals surface area contributed by atoms with E-state index in [4.69, 9.17) is 5.11 Å². The number of carboxylic acid groups (broad SMARTS) is 1. The van der Waals surface area contributed by atoms with Gasteiger partial charge in [0.05, 0.1) is 19.3 Å². The van der Waals surface area contributed by atoms with Gasteiger partial charge in [0.25, 0.3) is 0 Å². The SMILES string of the molecule is COC(=O)CCCS(=O)(=O)NC(C)(C)CC(=O)O. The van der Waals surface area contributed by atoms with Crippen molar-refractivity contribution in [1.82, 2.24) is 4.72 Å². The third kappa shape index (κ3) is 8.02. The van der Waals surface area contributed by atoms with E-state index in [-0.39, 0.29) is 25.0 Å². The Balaban J connectivity index is 4.30. The van der Waals surface area contributed by atoms with Crippen LogP contribution in [0.25, 0.3) is 0 Å². The second-order valence-corrected chi connectivity index (χ2v) is 6.40. The molecule has 0 amide bonds. The van der Waals surface area contributed by atoms with Crippen LogP contribution in [0.3, 0.4) is 0 Å². The van der Waals surface area contributed by atoms with Crippen molar-refractivity contribution in [2.45, 2.75) is 38.6 Å². The number of rotatable bonds is 8. The standard InChI is InChI=1S/C10H19NO6S/c1-10(2,7-8(12)13)11-18(15,16)6-4-5-9(14)17-3/h11H,4-7H2,1-3H3,(H,12,13). The Morgan fingerprint density at radius 1 is 1.33 bits per heavy atom. The van der Waals surface area contributed by atoms with Crippen LogP contribution in [0.1, 0.15) is 33.1 Å². The molecule has 0 aromatic heterocycles. The van der Waals surface area contributed by atoms with Crippen molar-refractivity contribution in [3.8, 4) is 0 Å². The summed E-state index contributed by atoms with van der Waals surface area (Å²) < 4.78 is 30.0. The number of sulfonamides is 1. The summed E-state index contributed by atoms with van der Waals surface area (Å²) in [5.74, 6) is -1.81. The summed E-state index contributed by atoms with van der Waals surface area (Å²) in [6.07, 6.45) is -0.175. The number of carbonyl (C=O) groups is 2. The molecule has 0 bridgehead atoms. The van der Waals surface area contributed by atoms with Crippen molar-refractivity contribution >= 4 is 22.0 Å². The minimum absolute atomic E-state index is 0.0107. The fourth-order valence-electron chi connectivity index (χ4n) is 1.39. The van der Waals surface area contributed by atoms with E-state index in [0.29, 0.717) is 0 Å².